The second-order valence-corrected chi connectivity index (χ2v) is 11.4. The maximum Gasteiger partial charge on any atom is 0.263 e. The number of rotatable bonds is 7. The predicted octanol–water partition coefficient (Wildman–Crippen LogP) is 5.20. The summed E-state index contributed by atoms with van der Waals surface area (Å²) >= 11 is 7.41. The summed E-state index contributed by atoms with van der Waals surface area (Å²) in [4.78, 5) is 19.0. The van der Waals surface area contributed by atoms with E-state index < -0.39 is 15.9 Å². The number of likely N-dealkylation sites (tertiary alicyclic amines) is 1. The van der Waals surface area contributed by atoms with Gasteiger partial charge in [0.2, 0.25) is 0 Å². The zero-order chi connectivity index (χ0) is 25.9. The SMILES string of the molecule is C/C(O)=C(/C(=N)c1ccccc1Cl)C(=O)N1CCC(c2ccc(S(=O)(=O)Nc3nccs3)cc2)CC1. The van der Waals surface area contributed by atoms with Crippen molar-refractivity contribution in [2.75, 3.05) is 17.8 Å². The number of anilines is 1. The third kappa shape index (κ3) is 5.61. The number of hydrogen-bond donors (Lipinski definition) is 3. The van der Waals surface area contributed by atoms with Crippen LogP contribution in [0.5, 0.6) is 0 Å². The number of thiazole rings is 1. The minimum atomic E-state index is -3.72. The number of carbonyl (C=O) groups is 1. The molecule has 0 atom stereocenters. The first kappa shape index (κ1) is 25.9. The Morgan fingerprint density at radius 3 is 2.42 bits per heavy atom. The van der Waals surface area contributed by atoms with Gasteiger partial charge in [0.05, 0.1) is 10.6 Å². The lowest BCUT2D eigenvalue weighted by Crippen LogP contribution is -2.40. The molecule has 2 aromatic carbocycles. The third-order valence-corrected chi connectivity index (χ3v) is 8.57. The van der Waals surface area contributed by atoms with Gasteiger partial charge in [-0.2, -0.15) is 0 Å². The molecule has 1 aliphatic heterocycles. The van der Waals surface area contributed by atoms with E-state index >= 15 is 0 Å². The second kappa shape index (κ2) is 10.8. The van der Waals surface area contributed by atoms with Crippen molar-refractivity contribution >= 4 is 49.7 Å². The topological polar surface area (TPSA) is 123 Å². The van der Waals surface area contributed by atoms with Gasteiger partial charge < -0.3 is 10.0 Å². The monoisotopic (exact) mass is 544 g/mol. The third-order valence-electron chi connectivity index (χ3n) is 6.07. The van der Waals surface area contributed by atoms with Crippen molar-refractivity contribution in [3.05, 3.63) is 87.6 Å². The minimum Gasteiger partial charge on any atom is -0.512 e. The quantitative estimate of drug-likeness (QED) is 0.214. The van der Waals surface area contributed by atoms with Gasteiger partial charge in [-0.25, -0.2) is 13.4 Å². The molecule has 3 N–H and O–H groups in total. The molecule has 1 amide bonds. The number of nitrogens with one attached hydrogen (secondary N) is 2. The van der Waals surface area contributed by atoms with Crippen LogP contribution in [0.2, 0.25) is 5.02 Å². The number of amides is 1. The Morgan fingerprint density at radius 1 is 1.17 bits per heavy atom. The fourth-order valence-electron chi connectivity index (χ4n) is 4.18. The van der Waals surface area contributed by atoms with Crippen molar-refractivity contribution < 1.29 is 18.3 Å². The van der Waals surface area contributed by atoms with Gasteiger partial charge in [0, 0.05) is 35.3 Å². The van der Waals surface area contributed by atoms with Gasteiger partial charge in [-0.3, -0.25) is 14.9 Å². The Balaban J connectivity index is 1.41. The Kier molecular flexibility index (Phi) is 7.77. The van der Waals surface area contributed by atoms with Gasteiger partial charge in [0.15, 0.2) is 5.13 Å². The Bertz CT molecular complexity index is 1390. The molecule has 1 saturated heterocycles. The Morgan fingerprint density at radius 2 is 1.83 bits per heavy atom. The summed E-state index contributed by atoms with van der Waals surface area (Å²) < 4.78 is 27.6. The fourth-order valence-corrected chi connectivity index (χ4v) is 6.20. The van der Waals surface area contributed by atoms with Gasteiger partial charge in [-0.05, 0) is 49.4 Å². The fraction of sp³-hybridized carbons (Fsp3) is 0.240. The van der Waals surface area contributed by atoms with Crippen molar-refractivity contribution in [3.63, 3.8) is 0 Å². The summed E-state index contributed by atoms with van der Waals surface area (Å²) in [7, 11) is -3.72. The first-order valence-corrected chi connectivity index (χ1v) is 14.0. The number of sulfonamides is 1. The lowest BCUT2D eigenvalue weighted by molar-refractivity contribution is -0.127. The molecule has 0 radical (unpaired) electrons. The Hall–Kier alpha value is -3.21. The number of hydrogen-bond acceptors (Lipinski definition) is 7. The summed E-state index contributed by atoms with van der Waals surface area (Å²) in [6, 6.07) is 13.5. The number of aliphatic hydroxyl groups excluding tert-OH is 1. The highest BCUT2D eigenvalue weighted by Crippen LogP contribution is 2.30. The smallest absolute Gasteiger partial charge is 0.263 e. The molecule has 188 valence electrons. The van der Waals surface area contributed by atoms with Gasteiger partial charge >= 0.3 is 0 Å². The number of benzene rings is 2. The number of aromatic nitrogens is 1. The van der Waals surface area contributed by atoms with Crippen LogP contribution in [-0.4, -0.2) is 48.1 Å². The van der Waals surface area contributed by atoms with Gasteiger partial charge in [-0.15, -0.1) is 11.3 Å². The predicted molar refractivity (Wildman–Crippen MR) is 142 cm³/mol. The molecule has 11 heteroatoms. The number of allylic oxidation sites excluding steroid dienone is 1. The van der Waals surface area contributed by atoms with Gasteiger partial charge in [0.1, 0.15) is 11.3 Å². The van der Waals surface area contributed by atoms with Gasteiger partial charge in [0.25, 0.3) is 15.9 Å². The van der Waals surface area contributed by atoms with Crippen molar-refractivity contribution in [1.82, 2.24) is 9.88 Å². The molecule has 0 bridgehead atoms. The van der Waals surface area contributed by atoms with E-state index in [0.717, 1.165) is 5.56 Å². The molecular weight excluding hydrogens is 520 g/mol. The largest absolute Gasteiger partial charge is 0.512 e. The molecule has 8 nitrogen and oxygen atoms in total. The van der Waals surface area contributed by atoms with Crippen LogP contribution < -0.4 is 4.72 Å². The number of nitrogens with zero attached hydrogens (tertiary/aromatic N) is 2. The highest BCUT2D eigenvalue weighted by atomic mass is 35.5. The zero-order valence-corrected chi connectivity index (χ0v) is 21.8. The Labute approximate surface area is 218 Å². The van der Waals surface area contributed by atoms with E-state index in [1.165, 1.54) is 24.5 Å². The van der Waals surface area contributed by atoms with Crippen LogP contribution >= 0.6 is 22.9 Å². The molecule has 0 aliphatic carbocycles. The molecule has 3 aromatic rings. The molecule has 1 fully saturated rings. The highest BCUT2D eigenvalue weighted by molar-refractivity contribution is 7.93. The molecule has 0 unspecified atom stereocenters. The van der Waals surface area contributed by atoms with E-state index in [1.54, 1.807) is 58.8 Å². The lowest BCUT2D eigenvalue weighted by atomic mass is 9.89. The van der Waals surface area contributed by atoms with Crippen molar-refractivity contribution in [3.8, 4) is 0 Å². The summed E-state index contributed by atoms with van der Waals surface area (Å²) in [5, 5.41) is 21.1. The number of halogens is 1. The van der Waals surface area contributed by atoms with E-state index in [0.29, 0.717) is 41.6 Å². The van der Waals surface area contributed by atoms with Gasteiger partial charge in [-0.1, -0.05) is 41.9 Å². The molecule has 2 heterocycles. The van der Waals surface area contributed by atoms with Crippen molar-refractivity contribution in [2.45, 2.75) is 30.6 Å². The highest BCUT2D eigenvalue weighted by Gasteiger charge is 2.30. The van der Waals surface area contributed by atoms with E-state index in [4.69, 9.17) is 17.0 Å². The molecule has 1 aliphatic rings. The summed E-state index contributed by atoms with van der Waals surface area (Å²) in [6.07, 6.45) is 2.88. The summed E-state index contributed by atoms with van der Waals surface area (Å²) in [5.74, 6) is -0.480. The van der Waals surface area contributed by atoms with E-state index in [1.807, 2.05) is 0 Å². The molecular formula is C25H25ClN4O4S2. The van der Waals surface area contributed by atoms with Crippen LogP contribution in [-0.2, 0) is 14.8 Å². The summed E-state index contributed by atoms with van der Waals surface area (Å²) in [5.41, 5.74) is 1.19. The minimum absolute atomic E-state index is 0.0659. The van der Waals surface area contributed by atoms with Crippen LogP contribution in [0.1, 0.15) is 36.8 Å². The normalized spacial score (nSPS) is 15.3. The van der Waals surface area contributed by atoms with Crippen molar-refractivity contribution in [1.29, 1.82) is 5.41 Å². The second-order valence-electron chi connectivity index (χ2n) is 8.39. The van der Waals surface area contributed by atoms with Crippen LogP contribution in [0.15, 0.2) is 76.3 Å². The number of carbonyl (C=O) groups excluding carboxylic acids is 1. The van der Waals surface area contributed by atoms with Crippen LogP contribution in [0.25, 0.3) is 0 Å². The average Bonchev–Trinajstić information content (AvgIpc) is 3.36. The maximum atomic E-state index is 13.2. The number of aliphatic hydroxyl groups is 1. The zero-order valence-electron chi connectivity index (χ0n) is 19.4. The lowest BCUT2D eigenvalue weighted by Gasteiger charge is -2.33. The van der Waals surface area contributed by atoms with Crippen LogP contribution in [0, 0.1) is 5.41 Å². The average molecular weight is 545 g/mol. The summed E-state index contributed by atoms with van der Waals surface area (Å²) in [6.45, 7) is 2.29. The van der Waals surface area contributed by atoms with E-state index in [2.05, 4.69) is 9.71 Å². The standard InChI is InChI=1S/C25H25ClN4O4S2/c1-16(31)22(23(27)20-4-2-3-5-21(20)26)24(32)30-13-10-18(11-14-30)17-6-8-19(9-7-17)36(33,34)29-25-28-12-15-35-25/h2-9,12,15,18,27,31H,10-11,13-14H2,1H3,(H,28,29)/b22-16+,27-23?. The molecule has 0 saturated carbocycles. The van der Waals surface area contributed by atoms with E-state index in [-0.39, 0.29) is 27.9 Å². The number of piperidine rings is 1. The first-order chi connectivity index (χ1) is 17.2. The van der Waals surface area contributed by atoms with Crippen molar-refractivity contribution in [2.24, 2.45) is 0 Å². The van der Waals surface area contributed by atoms with Crippen LogP contribution in [0.4, 0.5) is 5.13 Å². The van der Waals surface area contributed by atoms with E-state index in [9.17, 15) is 18.3 Å². The molecule has 0 spiro atoms. The van der Waals surface area contributed by atoms with Crippen LogP contribution in [0.3, 0.4) is 0 Å². The maximum absolute atomic E-state index is 13.2. The molecule has 1 aromatic heterocycles. The molecule has 4 rings (SSSR count). The first-order valence-electron chi connectivity index (χ1n) is 11.2. The molecule has 36 heavy (non-hydrogen) atoms.